The minimum atomic E-state index is -0.563. The van der Waals surface area contributed by atoms with Gasteiger partial charge in [0.25, 0.3) is 5.91 Å². The maximum absolute atomic E-state index is 12.2. The molecule has 0 aliphatic heterocycles. The van der Waals surface area contributed by atoms with E-state index >= 15 is 0 Å². The third-order valence-electron chi connectivity index (χ3n) is 6.62. The van der Waals surface area contributed by atoms with Crippen LogP contribution in [-0.4, -0.2) is 30.3 Å². The number of amides is 1. The number of carbonyl (C=O) groups is 3. The smallest absolute Gasteiger partial charge is 0.348 e. The van der Waals surface area contributed by atoms with Gasteiger partial charge in [0, 0.05) is 6.04 Å². The number of Topliss-reactive ketones (excluding diaryl/α,β-unsaturated/α-hetero) is 1. The number of ether oxygens (including phenoxy) is 1. The van der Waals surface area contributed by atoms with Gasteiger partial charge in [-0.1, -0.05) is 20.8 Å². The number of hydrogen-bond acceptors (Lipinski definition) is 5. The van der Waals surface area contributed by atoms with Crippen LogP contribution in [0.25, 0.3) is 0 Å². The maximum Gasteiger partial charge on any atom is 0.348 e. The molecule has 1 N–H and O–H groups in total. The number of carbonyl (C=O) groups excluding carboxylic acids is 3. The first-order chi connectivity index (χ1) is 11.6. The first-order valence-electron chi connectivity index (χ1n) is 8.72. The Morgan fingerprint density at radius 1 is 1.24 bits per heavy atom. The Morgan fingerprint density at radius 3 is 2.44 bits per heavy atom. The molecule has 25 heavy (non-hydrogen) atoms. The van der Waals surface area contributed by atoms with Gasteiger partial charge < -0.3 is 10.1 Å². The lowest BCUT2D eigenvalue weighted by atomic mass is 9.69. The minimum Gasteiger partial charge on any atom is -0.451 e. The van der Waals surface area contributed by atoms with Crippen LogP contribution in [0.3, 0.4) is 0 Å². The predicted octanol–water partition coefficient (Wildman–Crippen LogP) is 3.44. The van der Waals surface area contributed by atoms with E-state index in [0.29, 0.717) is 15.7 Å². The molecule has 1 aromatic heterocycles. The van der Waals surface area contributed by atoms with E-state index in [0.717, 1.165) is 24.2 Å². The van der Waals surface area contributed by atoms with Gasteiger partial charge in [0.2, 0.25) is 0 Å². The van der Waals surface area contributed by atoms with Crippen molar-refractivity contribution in [1.82, 2.24) is 5.32 Å². The Kier molecular flexibility index (Phi) is 4.52. The zero-order chi connectivity index (χ0) is 18.4. The van der Waals surface area contributed by atoms with Crippen molar-refractivity contribution in [2.75, 3.05) is 6.61 Å². The van der Waals surface area contributed by atoms with Crippen LogP contribution in [0, 0.1) is 16.7 Å². The van der Waals surface area contributed by atoms with Crippen molar-refractivity contribution in [3.63, 3.8) is 0 Å². The molecule has 0 aromatic carbocycles. The molecule has 1 aromatic rings. The van der Waals surface area contributed by atoms with Crippen LogP contribution in [0.4, 0.5) is 0 Å². The fourth-order valence-corrected chi connectivity index (χ4v) is 5.29. The zero-order valence-electron chi connectivity index (χ0n) is 15.2. The molecule has 1 amide bonds. The fourth-order valence-electron chi connectivity index (χ4n) is 4.50. The van der Waals surface area contributed by atoms with Crippen molar-refractivity contribution in [3.05, 3.63) is 21.9 Å². The Morgan fingerprint density at radius 2 is 1.92 bits per heavy atom. The summed E-state index contributed by atoms with van der Waals surface area (Å²) >= 11 is 1.09. The van der Waals surface area contributed by atoms with E-state index in [2.05, 4.69) is 26.1 Å². The van der Waals surface area contributed by atoms with Crippen LogP contribution in [0.1, 0.15) is 66.3 Å². The van der Waals surface area contributed by atoms with Crippen LogP contribution < -0.4 is 5.32 Å². The van der Waals surface area contributed by atoms with Crippen molar-refractivity contribution in [2.24, 2.45) is 16.7 Å². The Labute approximate surface area is 152 Å². The van der Waals surface area contributed by atoms with Crippen molar-refractivity contribution < 1.29 is 19.1 Å². The quantitative estimate of drug-likeness (QED) is 0.642. The van der Waals surface area contributed by atoms with Crippen molar-refractivity contribution in [2.45, 2.75) is 53.0 Å². The summed E-state index contributed by atoms with van der Waals surface area (Å²) < 4.78 is 5.11. The summed E-state index contributed by atoms with van der Waals surface area (Å²) in [6, 6.07) is 3.29. The van der Waals surface area contributed by atoms with E-state index in [1.807, 2.05) is 0 Å². The second-order valence-corrected chi connectivity index (χ2v) is 9.11. The molecule has 3 atom stereocenters. The van der Waals surface area contributed by atoms with Gasteiger partial charge in [-0.15, -0.1) is 11.3 Å². The minimum absolute atomic E-state index is 0.0889. The lowest BCUT2D eigenvalue weighted by Gasteiger charge is -2.39. The zero-order valence-corrected chi connectivity index (χ0v) is 16.0. The monoisotopic (exact) mass is 363 g/mol. The number of nitrogens with one attached hydrogen (secondary N) is 1. The molecule has 0 saturated heterocycles. The number of rotatable bonds is 5. The average molecular weight is 363 g/mol. The fraction of sp³-hybridized carbons (Fsp3) is 0.632. The summed E-state index contributed by atoms with van der Waals surface area (Å²) in [5.74, 6) is -0.270. The van der Waals surface area contributed by atoms with E-state index in [9.17, 15) is 14.4 Å². The highest BCUT2D eigenvalue weighted by Gasteiger charge is 2.61. The number of hydrogen-bond donors (Lipinski definition) is 1. The second kappa shape index (κ2) is 6.24. The van der Waals surface area contributed by atoms with E-state index in [1.54, 1.807) is 12.1 Å². The van der Waals surface area contributed by atoms with E-state index in [1.165, 1.54) is 13.3 Å². The van der Waals surface area contributed by atoms with Crippen LogP contribution in [0.2, 0.25) is 0 Å². The second-order valence-electron chi connectivity index (χ2n) is 8.03. The molecule has 136 valence electrons. The molecule has 2 bridgehead atoms. The molecule has 5 nitrogen and oxygen atoms in total. The van der Waals surface area contributed by atoms with E-state index in [4.69, 9.17) is 4.74 Å². The molecule has 1 heterocycles. The summed E-state index contributed by atoms with van der Waals surface area (Å²) in [6.07, 6.45) is 3.34. The van der Waals surface area contributed by atoms with Gasteiger partial charge in [-0.25, -0.2) is 4.79 Å². The van der Waals surface area contributed by atoms with Crippen LogP contribution >= 0.6 is 11.3 Å². The molecular weight excluding hydrogens is 338 g/mol. The highest BCUT2D eigenvalue weighted by molar-refractivity contribution is 7.15. The van der Waals surface area contributed by atoms with Crippen molar-refractivity contribution >= 4 is 29.0 Å². The van der Waals surface area contributed by atoms with Gasteiger partial charge in [-0.3, -0.25) is 9.59 Å². The third kappa shape index (κ3) is 3.01. The normalized spacial score (nSPS) is 29.4. The van der Waals surface area contributed by atoms with Crippen LogP contribution in [-0.2, 0) is 9.53 Å². The first kappa shape index (κ1) is 18.1. The summed E-state index contributed by atoms with van der Waals surface area (Å²) in [5.41, 5.74) is 0.323. The molecule has 0 radical (unpaired) electrons. The molecule has 0 spiro atoms. The molecular formula is C19H25NO4S. The Bertz CT molecular complexity index is 723. The lowest BCUT2D eigenvalue weighted by Crippen LogP contribution is -2.48. The highest BCUT2D eigenvalue weighted by atomic mass is 32.1. The number of esters is 1. The standard InChI is InChI=1S/C19H25NO4S/c1-11(21)13-5-6-14(25-13)17(23)24-10-16(22)20-15-9-12-7-8-19(15,4)18(12,2)3/h5-6,12,15H,7-10H2,1-4H3,(H,20,22). The summed E-state index contributed by atoms with van der Waals surface area (Å²) in [7, 11) is 0. The van der Waals surface area contributed by atoms with Crippen molar-refractivity contribution in [1.29, 1.82) is 0 Å². The largest absolute Gasteiger partial charge is 0.451 e. The summed E-state index contributed by atoms with van der Waals surface area (Å²) in [4.78, 5) is 36.4. The SMILES string of the molecule is CC(=O)c1ccc(C(=O)OCC(=O)NC2CC3CCC2(C)C3(C)C)s1. The van der Waals surface area contributed by atoms with Gasteiger partial charge in [-0.05, 0) is 55.1 Å². The van der Waals surface area contributed by atoms with Gasteiger partial charge in [0.15, 0.2) is 12.4 Å². The summed E-state index contributed by atoms with van der Waals surface area (Å²) in [5, 5.41) is 3.07. The predicted molar refractivity (Wildman–Crippen MR) is 95.8 cm³/mol. The van der Waals surface area contributed by atoms with Crippen LogP contribution in [0.5, 0.6) is 0 Å². The third-order valence-corrected chi connectivity index (χ3v) is 7.78. The number of thiophene rings is 1. The highest BCUT2D eigenvalue weighted by Crippen LogP contribution is 2.65. The molecule has 3 rings (SSSR count). The van der Waals surface area contributed by atoms with Crippen molar-refractivity contribution in [3.8, 4) is 0 Å². The Hall–Kier alpha value is -1.69. The maximum atomic E-state index is 12.2. The van der Waals surface area contributed by atoms with E-state index < -0.39 is 5.97 Å². The first-order valence-corrected chi connectivity index (χ1v) is 9.54. The Balaban J connectivity index is 1.53. The lowest BCUT2D eigenvalue weighted by molar-refractivity contribution is -0.126. The van der Waals surface area contributed by atoms with Gasteiger partial charge in [0.1, 0.15) is 4.88 Å². The topological polar surface area (TPSA) is 72.5 Å². The van der Waals surface area contributed by atoms with Crippen LogP contribution in [0.15, 0.2) is 12.1 Å². The molecule has 3 unspecified atom stereocenters. The van der Waals surface area contributed by atoms with Gasteiger partial charge >= 0.3 is 5.97 Å². The molecule has 2 saturated carbocycles. The van der Waals surface area contributed by atoms with Gasteiger partial charge in [0.05, 0.1) is 4.88 Å². The van der Waals surface area contributed by atoms with Gasteiger partial charge in [-0.2, -0.15) is 0 Å². The number of fused-ring (bicyclic) bond motifs is 2. The number of ketones is 1. The van der Waals surface area contributed by atoms with E-state index in [-0.39, 0.29) is 35.2 Å². The summed E-state index contributed by atoms with van der Waals surface area (Å²) in [6.45, 7) is 8.00. The molecule has 6 heteroatoms. The average Bonchev–Trinajstić information content (AvgIpc) is 3.16. The molecule has 2 fully saturated rings. The molecule has 2 aliphatic carbocycles. The molecule has 2 aliphatic rings.